The number of ether oxygens (including phenoxy) is 1. The highest BCUT2D eigenvalue weighted by Gasteiger charge is 2.14. The minimum atomic E-state index is 0.0631. The molecule has 0 atom stereocenters. The molecule has 0 aromatic rings. The Morgan fingerprint density at radius 2 is 1.83 bits per heavy atom. The van der Waals surface area contributed by atoms with Crippen LogP contribution in [0.5, 0.6) is 0 Å². The van der Waals surface area contributed by atoms with Crippen molar-refractivity contribution in [1.82, 2.24) is 15.1 Å². The Morgan fingerprint density at radius 1 is 1.17 bits per heavy atom. The Bertz CT molecular complexity index is 226. The summed E-state index contributed by atoms with van der Waals surface area (Å²) in [5.41, 5.74) is 0. The summed E-state index contributed by atoms with van der Waals surface area (Å²) in [6, 6.07) is 0.0631. The second-order valence-corrected chi connectivity index (χ2v) is 5.05. The van der Waals surface area contributed by atoms with Crippen LogP contribution in [-0.2, 0) is 4.74 Å². The highest BCUT2D eigenvalue weighted by molar-refractivity contribution is 5.74. The molecule has 2 amide bonds. The lowest BCUT2D eigenvalue weighted by molar-refractivity contribution is 0.118. The molecule has 1 rings (SSSR count). The fraction of sp³-hybridized carbons (Fsp3) is 0.923. The lowest BCUT2D eigenvalue weighted by Gasteiger charge is -2.20. The summed E-state index contributed by atoms with van der Waals surface area (Å²) < 4.78 is 5.43. The van der Waals surface area contributed by atoms with E-state index < -0.39 is 0 Å². The summed E-state index contributed by atoms with van der Waals surface area (Å²) in [6.07, 6.45) is 4.76. The number of urea groups is 1. The Kier molecular flexibility index (Phi) is 7.76. The van der Waals surface area contributed by atoms with Crippen molar-refractivity contribution in [3.8, 4) is 0 Å². The molecule has 1 aliphatic heterocycles. The molecule has 5 heteroatoms. The molecular formula is C13H27N3O2. The molecule has 18 heavy (non-hydrogen) atoms. The maximum absolute atomic E-state index is 11.8. The van der Waals surface area contributed by atoms with E-state index in [1.54, 1.807) is 0 Å². The average Bonchev–Trinajstić information content (AvgIpc) is 2.61. The molecule has 106 valence electrons. The van der Waals surface area contributed by atoms with E-state index in [-0.39, 0.29) is 6.03 Å². The summed E-state index contributed by atoms with van der Waals surface area (Å²) in [5, 5.41) is 2.92. The quantitative estimate of drug-likeness (QED) is 0.726. The first-order valence-electron chi connectivity index (χ1n) is 6.95. The molecule has 0 bridgehead atoms. The zero-order chi connectivity index (χ0) is 13.2. The fourth-order valence-corrected chi connectivity index (χ4v) is 1.96. The van der Waals surface area contributed by atoms with Gasteiger partial charge in [-0.3, -0.25) is 0 Å². The first kappa shape index (κ1) is 15.2. The van der Waals surface area contributed by atoms with E-state index in [1.807, 2.05) is 19.0 Å². The Labute approximate surface area is 110 Å². The maximum atomic E-state index is 11.8. The van der Waals surface area contributed by atoms with Crippen LogP contribution in [0.15, 0.2) is 0 Å². The van der Waals surface area contributed by atoms with Crippen LogP contribution in [0, 0.1) is 0 Å². The third kappa shape index (κ3) is 6.81. The molecule has 1 fully saturated rings. The monoisotopic (exact) mass is 257 g/mol. The van der Waals surface area contributed by atoms with E-state index in [2.05, 4.69) is 10.2 Å². The zero-order valence-corrected chi connectivity index (χ0v) is 11.8. The van der Waals surface area contributed by atoms with Crippen molar-refractivity contribution >= 4 is 6.03 Å². The van der Waals surface area contributed by atoms with Gasteiger partial charge in [0.1, 0.15) is 0 Å². The van der Waals surface area contributed by atoms with Crippen molar-refractivity contribution in [3.63, 3.8) is 0 Å². The van der Waals surface area contributed by atoms with Gasteiger partial charge in [-0.2, -0.15) is 0 Å². The van der Waals surface area contributed by atoms with Crippen LogP contribution in [0.4, 0.5) is 4.79 Å². The number of rotatable bonds is 6. The predicted molar refractivity (Wildman–Crippen MR) is 72.8 cm³/mol. The highest BCUT2D eigenvalue weighted by Crippen LogP contribution is 2.09. The molecule has 1 saturated heterocycles. The standard InChI is InChI=1S/C13H27N3O2/c1-15(2)10-12-18-11-7-14-13(17)16-8-5-3-4-6-9-16/h3-12H2,1-2H3,(H,14,17). The van der Waals surface area contributed by atoms with Gasteiger partial charge < -0.3 is 19.9 Å². The molecule has 0 spiro atoms. The van der Waals surface area contributed by atoms with Gasteiger partial charge in [0, 0.05) is 26.2 Å². The van der Waals surface area contributed by atoms with Crippen LogP contribution in [0.1, 0.15) is 25.7 Å². The van der Waals surface area contributed by atoms with Crippen LogP contribution in [0.2, 0.25) is 0 Å². The Morgan fingerprint density at radius 3 is 2.44 bits per heavy atom. The third-order valence-electron chi connectivity index (χ3n) is 3.10. The lowest BCUT2D eigenvalue weighted by Crippen LogP contribution is -2.41. The highest BCUT2D eigenvalue weighted by atomic mass is 16.5. The van der Waals surface area contributed by atoms with Crippen molar-refractivity contribution in [2.75, 3.05) is 53.5 Å². The number of likely N-dealkylation sites (tertiary alicyclic amines) is 1. The third-order valence-corrected chi connectivity index (χ3v) is 3.10. The molecule has 0 radical (unpaired) electrons. The van der Waals surface area contributed by atoms with E-state index in [1.165, 1.54) is 12.8 Å². The Balaban J connectivity index is 2.02. The molecule has 0 unspecified atom stereocenters. The maximum Gasteiger partial charge on any atom is 0.317 e. The number of likely N-dealkylation sites (N-methyl/N-ethyl adjacent to an activating group) is 1. The van der Waals surface area contributed by atoms with Crippen molar-refractivity contribution in [2.45, 2.75) is 25.7 Å². The molecule has 0 aromatic heterocycles. The second-order valence-electron chi connectivity index (χ2n) is 5.05. The first-order valence-corrected chi connectivity index (χ1v) is 6.95. The topological polar surface area (TPSA) is 44.8 Å². The van der Waals surface area contributed by atoms with E-state index in [0.29, 0.717) is 19.8 Å². The minimum Gasteiger partial charge on any atom is -0.378 e. The normalized spacial score (nSPS) is 16.7. The van der Waals surface area contributed by atoms with Crippen LogP contribution in [0.25, 0.3) is 0 Å². The zero-order valence-electron chi connectivity index (χ0n) is 11.8. The predicted octanol–water partition coefficient (Wildman–Crippen LogP) is 1.15. The Hall–Kier alpha value is -0.810. The second kappa shape index (κ2) is 9.16. The largest absolute Gasteiger partial charge is 0.378 e. The number of carbonyl (C=O) groups is 1. The number of hydrogen-bond acceptors (Lipinski definition) is 3. The van der Waals surface area contributed by atoms with E-state index in [4.69, 9.17) is 4.74 Å². The van der Waals surface area contributed by atoms with Crippen LogP contribution >= 0.6 is 0 Å². The summed E-state index contributed by atoms with van der Waals surface area (Å²) in [7, 11) is 4.04. The molecular weight excluding hydrogens is 230 g/mol. The minimum absolute atomic E-state index is 0.0631. The number of carbonyl (C=O) groups excluding carboxylic acids is 1. The van der Waals surface area contributed by atoms with Gasteiger partial charge in [-0.1, -0.05) is 12.8 Å². The number of nitrogens with zero attached hydrogens (tertiary/aromatic N) is 2. The van der Waals surface area contributed by atoms with Crippen molar-refractivity contribution in [2.24, 2.45) is 0 Å². The van der Waals surface area contributed by atoms with Gasteiger partial charge >= 0.3 is 6.03 Å². The number of amides is 2. The number of hydrogen-bond donors (Lipinski definition) is 1. The van der Waals surface area contributed by atoms with E-state index >= 15 is 0 Å². The number of nitrogens with one attached hydrogen (secondary N) is 1. The summed E-state index contributed by atoms with van der Waals surface area (Å²) in [4.78, 5) is 15.8. The molecule has 5 nitrogen and oxygen atoms in total. The van der Waals surface area contributed by atoms with Gasteiger partial charge in [0.15, 0.2) is 0 Å². The summed E-state index contributed by atoms with van der Waals surface area (Å²) in [5.74, 6) is 0. The smallest absolute Gasteiger partial charge is 0.317 e. The van der Waals surface area contributed by atoms with Crippen LogP contribution in [0.3, 0.4) is 0 Å². The van der Waals surface area contributed by atoms with Crippen LogP contribution < -0.4 is 5.32 Å². The van der Waals surface area contributed by atoms with Crippen LogP contribution in [-0.4, -0.2) is 69.3 Å². The van der Waals surface area contributed by atoms with Gasteiger partial charge in [0.2, 0.25) is 0 Å². The molecule has 0 aliphatic carbocycles. The SMILES string of the molecule is CN(C)CCOCCNC(=O)N1CCCCCC1. The van der Waals surface area contributed by atoms with Crippen molar-refractivity contribution < 1.29 is 9.53 Å². The molecule has 1 N–H and O–H groups in total. The fourth-order valence-electron chi connectivity index (χ4n) is 1.96. The van der Waals surface area contributed by atoms with Crippen molar-refractivity contribution in [1.29, 1.82) is 0 Å². The average molecular weight is 257 g/mol. The summed E-state index contributed by atoms with van der Waals surface area (Å²) in [6.45, 7) is 4.61. The molecule has 0 saturated carbocycles. The molecule has 1 aliphatic rings. The molecule has 1 heterocycles. The van der Waals surface area contributed by atoms with E-state index in [9.17, 15) is 4.79 Å². The van der Waals surface area contributed by atoms with Gasteiger partial charge in [-0.25, -0.2) is 4.79 Å². The lowest BCUT2D eigenvalue weighted by atomic mass is 10.2. The van der Waals surface area contributed by atoms with Gasteiger partial charge in [-0.05, 0) is 26.9 Å². The van der Waals surface area contributed by atoms with Gasteiger partial charge in [0.25, 0.3) is 0 Å². The van der Waals surface area contributed by atoms with E-state index in [0.717, 1.165) is 32.5 Å². The molecule has 0 aromatic carbocycles. The first-order chi connectivity index (χ1) is 8.70. The summed E-state index contributed by atoms with van der Waals surface area (Å²) >= 11 is 0. The van der Waals surface area contributed by atoms with Gasteiger partial charge in [-0.15, -0.1) is 0 Å². The van der Waals surface area contributed by atoms with Crippen molar-refractivity contribution in [3.05, 3.63) is 0 Å². The van der Waals surface area contributed by atoms with Gasteiger partial charge in [0.05, 0.1) is 13.2 Å².